The Hall–Kier alpha value is -2.99. The van der Waals surface area contributed by atoms with Gasteiger partial charge in [0.1, 0.15) is 5.01 Å². The number of hydrogen-bond donors (Lipinski definition) is 2. The SMILES string of the molecule is CC1=C[C@@H](C(=O)Nc2ccc(-c3nc4ccc(C)cc4s3)cc2)[C@H](C(=O)O)CC1. The van der Waals surface area contributed by atoms with Crippen LogP contribution in [0.4, 0.5) is 5.69 Å². The molecule has 0 unspecified atom stereocenters. The number of aromatic nitrogens is 1. The molecule has 2 aromatic carbocycles. The van der Waals surface area contributed by atoms with E-state index in [0.29, 0.717) is 12.1 Å². The van der Waals surface area contributed by atoms with Gasteiger partial charge < -0.3 is 10.4 Å². The lowest BCUT2D eigenvalue weighted by molar-refractivity contribution is -0.145. The third-order valence-corrected chi connectivity index (χ3v) is 6.38. The number of carboxylic acids is 1. The molecule has 148 valence electrons. The van der Waals surface area contributed by atoms with Gasteiger partial charge in [-0.05, 0) is 68.7 Å². The van der Waals surface area contributed by atoms with Crippen molar-refractivity contribution in [3.63, 3.8) is 0 Å². The van der Waals surface area contributed by atoms with Crippen molar-refractivity contribution in [2.24, 2.45) is 11.8 Å². The van der Waals surface area contributed by atoms with Crippen molar-refractivity contribution >= 4 is 39.1 Å². The van der Waals surface area contributed by atoms with Gasteiger partial charge in [-0.2, -0.15) is 0 Å². The third kappa shape index (κ3) is 4.07. The molecule has 2 N–H and O–H groups in total. The molecule has 1 aliphatic carbocycles. The molecule has 0 fully saturated rings. The quantitative estimate of drug-likeness (QED) is 0.579. The standard InChI is InChI=1S/C23H22N2O3S/c1-13-3-9-17(23(27)28)18(11-13)21(26)24-16-7-5-15(6-8-16)22-25-19-10-4-14(2)12-20(19)29-22/h4-8,10-12,17-18H,3,9H2,1-2H3,(H,24,26)(H,27,28)/t17-,18-/m1/s1. The molecular weight excluding hydrogens is 384 g/mol. The fraction of sp³-hybridized carbons (Fsp3) is 0.261. The summed E-state index contributed by atoms with van der Waals surface area (Å²) in [4.78, 5) is 28.9. The zero-order valence-corrected chi connectivity index (χ0v) is 17.1. The molecule has 0 spiro atoms. The number of thiazole rings is 1. The molecular formula is C23H22N2O3S. The van der Waals surface area contributed by atoms with Crippen LogP contribution in [0.2, 0.25) is 0 Å². The van der Waals surface area contributed by atoms with Crippen LogP contribution in [0.15, 0.2) is 54.1 Å². The first kappa shape index (κ1) is 19.3. The van der Waals surface area contributed by atoms with Gasteiger partial charge in [-0.25, -0.2) is 4.98 Å². The average Bonchev–Trinajstić information content (AvgIpc) is 3.11. The van der Waals surface area contributed by atoms with Crippen LogP contribution in [-0.2, 0) is 9.59 Å². The molecule has 0 bridgehead atoms. The van der Waals surface area contributed by atoms with Crippen molar-refractivity contribution in [1.82, 2.24) is 4.98 Å². The maximum absolute atomic E-state index is 12.7. The summed E-state index contributed by atoms with van der Waals surface area (Å²) in [5, 5.41) is 13.2. The highest BCUT2D eigenvalue weighted by molar-refractivity contribution is 7.21. The Morgan fingerprint density at radius 2 is 1.90 bits per heavy atom. The summed E-state index contributed by atoms with van der Waals surface area (Å²) < 4.78 is 1.15. The molecule has 0 radical (unpaired) electrons. The smallest absolute Gasteiger partial charge is 0.307 e. The lowest BCUT2D eigenvalue weighted by Gasteiger charge is -2.25. The molecule has 0 saturated heterocycles. The zero-order chi connectivity index (χ0) is 20.5. The first-order valence-electron chi connectivity index (χ1n) is 9.59. The van der Waals surface area contributed by atoms with E-state index in [1.807, 2.05) is 37.3 Å². The number of carboxylic acid groups (broad SMARTS) is 1. The van der Waals surface area contributed by atoms with E-state index in [-0.39, 0.29) is 5.91 Å². The number of amides is 1. The maximum atomic E-state index is 12.7. The predicted octanol–water partition coefficient (Wildman–Crippen LogP) is 5.27. The van der Waals surface area contributed by atoms with E-state index < -0.39 is 17.8 Å². The Bertz CT molecular complexity index is 1110. The van der Waals surface area contributed by atoms with Gasteiger partial charge in [0, 0.05) is 11.3 Å². The van der Waals surface area contributed by atoms with Crippen LogP contribution in [0, 0.1) is 18.8 Å². The van der Waals surface area contributed by atoms with E-state index in [9.17, 15) is 14.7 Å². The van der Waals surface area contributed by atoms with E-state index in [1.54, 1.807) is 17.4 Å². The second kappa shape index (κ2) is 7.79. The molecule has 1 aromatic heterocycles. The van der Waals surface area contributed by atoms with Gasteiger partial charge >= 0.3 is 5.97 Å². The van der Waals surface area contributed by atoms with Crippen LogP contribution in [0.3, 0.4) is 0 Å². The number of rotatable bonds is 4. The van der Waals surface area contributed by atoms with Crippen LogP contribution in [-0.4, -0.2) is 22.0 Å². The molecule has 4 rings (SSSR count). The number of aliphatic carboxylic acids is 1. The Morgan fingerprint density at radius 3 is 2.62 bits per heavy atom. The van der Waals surface area contributed by atoms with E-state index in [1.165, 1.54) is 5.56 Å². The highest BCUT2D eigenvalue weighted by Gasteiger charge is 2.34. The normalized spacial score (nSPS) is 19.0. The minimum Gasteiger partial charge on any atom is -0.481 e. The minimum absolute atomic E-state index is 0.278. The molecule has 1 heterocycles. The zero-order valence-electron chi connectivity index (χ0n) is 16.3. The van der Waals surface area contributed by atoms with Crippen LogP contribution in [0.25, 0.3) is 20.8 Å². The van der Waals surface area contributed by atoms with Gasteiger partial charge in [0.05, 0.1) is 22.1 Å². The maximum Gasteiger partial charge on any atom is 0.307 e. The van der Waals surface area contributed by atoms with Gasteiger partial charge in [-0.1, -0.05) is 17.7 Å². The van der Waals surface area contributed by atoms with Crippen molar-refractivity contribution in [3.8, 4) is 10.6 Å². The fourth-order valence-corrected chi connectivity index (χ4v) is 4.75. The van der Waals surface area contributed by atoms with E-state index in [0.717, 1.165) is 32.8 Å². The second-order valence-corrected chi connectivity index (χ2v) is 8.61. The van der Waals surface area contributed by atoms with Crippen molar-refractivity contribution in [2.75, 3.05) is 5.32 Å². The summed E-state index contributed by atoms with van der Waals surface area (Å²) in [5.74, 6) is -2.52. The van der Waals surface area contributed by atoms with Crippen molar-refractivity contribution < 1.29 is 14.7 Å². The number of nitrogens with zero attached hydrogens (tertiary/aromatic N) is 1. The molecule has 3 aromatic rings. The number of carbonyl (C=O) groups is 2. The number of anilines is 1. The Kier molecular flexibility index (Phi) is 5.20. The number of aryl methyl sites for hydroxylation is 1. The van der Waals surface area contributed by atoms with Crippen LogP contribution >= 0.6 is 11.3 Å². The highest BCUT2D eigenvalue weighted by Crippen LogP contribution is 2.32. The molecule has 6 heteroatoms. The Balaban J connectivity index is 1.52. The number of nitrogens with one attached hydrogen (secondary N) is 1. The predicted molar refractivity (Wildman–Crippen MR) is 116 cm³/mol. The van der Waals surface area contributed by atoms with Gasteiger partial charge in [0.2, 0.25) is 5.91 Å². The summed E-state index contributed by atoms with van der Waals surface area (Å²) in [5.41, 5.74) is 4.88. The monoisotopic (exact) mass is 406 g/mol. The first-order valence-corrected chi connectivity index (χ1v) is 10.4. The van der Waals surface area contributed by atoms with Crippen molar-refractivity contribution in [2.45, 2.75) is 26.7 Å². The summed E-state index contributed by atoms with van der Waals surface area (Å²) in [6.45, 7) is 4.00. The summed E-state index contributed by atoms with van der Waals surface area (Å²) in [6.07, 6.45) is 3.00. The summed E-state index contributed by atoms with van der Waals surface area (Å²) in [7, 11) is 0. The topological polar surface area (TPSA) is 79.3 Å². The van der Waals surface area contributed by atoms with Crippen molar-refractivity contribution in [1.29, 1.82) is 0 Å². The van der Waals surface area contributed by atoms with Gasteiger partial charge in [0.25, 0.3) is 0 Å². The summed E-state index contributed by atoms with van der Waals surface area (Å²) in [6, 6.07) is 13.7. The van der Waals surface area contributed by atoms with Gasteiger partial charge in [0.15, 0.2) is 0 Å². The van der Waals surface area contributed by atoms with Crippen LogP contribution in [0.1, 0.15) is 25.3 Å². The molecule has 29 heavy (non-hydrogen) atoms. The van der Waals surface area contributed by atoms with E-state index in [4.69, 9.17) is 0 Å². The number of benzene rings is 2. The molecule has 0 saturated carbocycles. The van der Waals surface area contributed by atoms with Gasteiger partial charge in [-0.15, -0.1) is 11.3 Å². The Labute approximate surface area is 173 Å². The first-order chi connectivity index (χ1) is 13.9. The largest absolute Gasteiger partial charge is 0.481 e. The average molecular weight is 407 g/mol. The molecule has 1 aliphatic rings. The fourth-order valence-electron chi connectivity index (χ4n) is 3.68. The van der Waals surface area contributed by atoms with Crippen LogP contribution < -0.4 is 5.32 Å². The summed E-state index contributed by atoms with van der Waals surface area (Å²) >= 11 is 1.64. The second-order valence-electron chi connectivity index (χ2n) is 7.58. The third-order valence-electron chi connectivity index (χ3n) is 5.31. The number of carbonyl (C=O) groups excluding carboxylic acids is 1. The van der Waals surface area contributed by atoms with Crippen LogP contribution in [0.5, 0.6) is 0 Å². The lowest BCUT2D eigenvalue weighted by atomic mass is 9.80. The molecule has 2 atom stereocenters. The number of hydrogen-bond acceptors (Lipinski definition) is 4. The molecule has 1 amide bonds. The lowest BCUT2D eigenvalue weighted by Crippen LogP contribution is -2.34. The van der Waals surface area contributed by atoms with Gasteiger partial charge in [-0.3, -0.25) is 9.59 Å². The molecule has 0 aliphatic heterocycles. The highest BCUT2D eigenvalue weighted by atomic mass is 32.1. The van der Waals surface area contributed by atoms with E-state index in [2.05, 4.69) is 29.4 Å². The molecule has 5 nitrogen and oxygen atoms in total. The van der Waals surface area contributed by atoms with E-state index >= 15 is 0 Å². The van der Waals surface area contributed by atoms with Crippen molar-refractivity contribution in [3.05, 3.63) is 59.7 Å². The number of fused-ring (bicyclic) bond motifs is 1. The number of allylic oxidation sites excluding steroid dienone is 1. The Morgan fingerprint density at radius 1 is 1.14 bits per heavy atom. The minimum atomic E-state index is -0.921.